The van der Waals surface area contributed by atoms with Gasteiger partial charge in [0.1, 0.15) is 11.5 Å². The van der Waals surface area contributed by atoms with Crippen LogP contribution in [0.1, 0.15) is 18.4 Å². The van der Waals surface area contributed by atoms with E-state index < -0.39 is 0 Å². The lowest BCUT2D eigenvalue weighted by Gasteiger charge is -2.15. The molecule has 1 aliphatic rings. The highest BCUT2D eigenvalue weighted by Crippen LogP contribution is 2.24. The average molecular weight is 249 g/mol. The van der Waals surface area contributed by atoms with E-state index in [9.17, 15) is 9.59 Å². The van der Waals surface area contributed by atoms with Crippen molar-refractivity contribution in [2.75, 3.05) is 14.2 Å². The minimum Gasteiger partial charge on any atom is -0.497 e. The molecular formula is C13H15NO4. The van der Waals surface area contributed by atoms with E-state index in [0.29, 0.717) is 24.3 Å². The standard InChI is InChI=1S/C13H15NO4/c1-17-10-5-9(6-11(7-10)18-2)8-14-12(15)3-4-13(14)16/h5-7H,3-4,8H2,1-2H3. The van der Waals surface area contributed by atoms with E-state index in [0.717, 1.165) is 5.56 Å². The Kier molecular flexibility index (Phi) is 3.50. The van der Waals surface area contributed by atoms with E-state index in [2.05, 4.69) is 0 Å². The van der Waals surface area contributed by atoms with Gasteiger partial charge in [0.2, 0.25) is 11.8 Å². The number of carbonyl (C=O) groups is 2. The first-order valence-electron chi connectivity index (χ1n) is 5.69. The molecule has 0 unspecified atom stereocenters. The molecule has 2 amide bonds. The Morgan fingerprint density at radius 1 is 1.00 bits per heavy atom. The van der Waals surface area contributed by atoms with Gasteiger partial charge in [0.25, 0.3) is 0 Å². The number of likely N-dealkylation sites (tertiary alicyclic amines) is 1. The molecule has 5 heteroatoms. The van der Waals surface area contributed by atoms with Crippen molar-refractivity contribution < 1.29 is 19.1 Å². The maximum atomic E-state index is 11.5. The Morgan fingerprint density at radius 3 is 1.94 bits per heavy atom. The van der Waals surface area contributed by atoms with Gasteiger partial charge >= 0.3 is 0 Å². The molecule has 1 aromatic carbocycles. The third kappa shape index (κ3) is 2.45. The Labute approximate surface area is 105 Å². The molecular weight excluding hydrogens is 234 g/mol. The normalized spacial score (nSPS) is 15.1. The summed E-state index contributed by atoms with van der Waals surface area (Å²) in [5, 5.41) is 0. The Hall–Kier alpha value is -2.04. The van der Waals surface area contributed by atoms with Gasteiger partial charge < -0.3 is 9.47 Å². The smallest absolute Gasteiger partial charge is 0.229 e. The van der Waals surface area contributed by atoms with Crippen LogP contribution in [0.15, 0.2) is 18.2 Å². The summed E-state index contributed by atoms with van der Waals surface area (Å²) in [7, 11) is 3.12. The summed E-state index contributed by atoms with van der Waals surface area (Å²) in [6, 6.07) is 5.33. The average Bonchev–Trinajstić information content (AvgIpc) is 2.70. The van der Waals surface area contributed by atoms with Crippen LogP contribution in [0.4, 0.5) is 0 Å². The molecule has 0 spiro atoms. The highest BCUT2D eigenvalue weighted by atomic mass is 16.5. The largest absolute Gasteiger partial charge is 0.497 e. The molecule has 0 bridgehead atoms. The van der Waals surface area contributed by atoms with Gasteiger partial charge in [-0.15, -0.1) is 0 Å². The zero-order chi connectivity index (χ0) is 13.1. The second-order valence-corrected chi connectivity index (χ2v) is 4.09. The third-order valence-corrected chi connectivity index (χ3v) is 2.91. The molecule has 18 heavy (non-hydrogen) atoms. The first-order chi connectivity index (χ1) is 8.63. The number of hydrogen-bond donors (Lipinski definition) is 0. The van der Waals surface area contributed by atoms with Crippen LogP contribution in [0.25, 0.3) is 0 Å². The summed E-state index contributed by atoms with van der Waals surface area (Å²) in [5.74, 6) is 1.04. The highest BCUT2D eigenvalue weighted by molar-refractivity contribution is 6.01. The van der Waals surface area contributed by atoms with Gasteiger partial charge in [0.05, 0.1) is 20.8 Å². The predicted octanol–water partition coefficient (Wildman–Crippen LogP) is 1.35. The molecule has 0 N–H and O–H groups in total. The van der Waals surface area contributed by atoms with E-state index in [-0.39, 0.29) is 18.4 Å². The Balaban J connectivity index is 2.22. The fourth-order valence-electron chi connectivity index (χ4n) is 1.94. The number of ether oxygens (including phenoxy) is 2. The molecule has 1 saturated heterocycles. The molecule has 5 nitrogen and oxygen atoms in total. The van der Waals surface area contributed by atoms with Crippen molar-refractivity contribution in [2.45, 2.75) is 19.4 Å². The fraction of sp³-hybridized carbons (Fsp3) is 0.385. The van der Waals surface area contributed by atoms with Crippen molar-refractivity contribution in [3.05, 3.63) is 23.8 Å². The highest BCUT2D eigenvalue weighted by Gasteiger charge is 2.28. The summed E-state index contributed by atoms with van der Waals surface area (Å²) in [4.78, 5) is 24.4. The maximum Gasteiger partial charge on any atom is 0.229 e. The van der Waals surface area contributed by atoms with E-state index in [1.807, 2.05) is 0 Å². The van der Waals surface area contributed by atoms with Gasteiger partial charge in [-0.25, -0.2) is 0 Å². The van der Waals surface area contributed by atoms with Gasteiger partial charge in [-0.05, 0) is 17.7 Å². The summed E-state index contributed by atoms with van der Waals surface area (Å²) in [6.45, 7) is 0.269. The molecule has 0 atom stereocenters. The number of amides is 2. The number of methoxy groups -OCH3 is 2. The third-order valence-electron chi connectivity index (χ3n) is 2.91. The van der Waals surface area contributed by atoms with Crippen LogP contribution in [0.2, 0.25) is 0 Å². The molecule has 1 aliphatic heterocycles. The summed E-state index contributed by atoms with van der Waals surface area (Å²) in [6.07, 6.45) is 0.611. The first-order valence-corrected chi connectivity index (χ1v) is 5.69. The van der Waals surface area contributed by atoms with Crippen molar-refractivity contribution in [3.63, 3.8) is 0 Å². The lowest BCUT2D eigenvalue weighted by Crippen LogP contribution is -2.28. The molecule has 0 aromatic heterocycles. The number of nitrogens with zero attached hydrogens (tertiary/aromatic N) is 1. The van der Waals surface area contributed by atoms with Crippen molar-refractivity contribution >= 4 is 11.8 Å². The van der Waals surface area contributed by atoms with Crippen molar-refractivity contribution in [1.82, 2.24) is 4.90 Å². The molecule has 1 aromatic rings. The number of benzene rings is 1. The van der Waals surface area contributed by atoms with Crippen molar-refractivity contribution in [3.8, 4) is 11.5 Å². The van der Waals surface area contributed by atoms with Crippen LogP contribution in [0.5, 0.6) is 11.5 Å². The van der Waals surface area contributed by atoms with Gasteiger partial charge in [-0.1, -0.05) is 0 Å². The van der Waals surface area contributed by atoms with Crippen LogP contribution in [-0.4, -0.2) is 30.9 Å². The molecule has 96 valence electrons. The Bertz CT molecular complexity index is 446. The molecule has 0 radical (unpaired) electrons. The quantitative estimate of drug-likeness (QED) is 0.756. The second kappa shape index (κ2) is 5.08. The number of rotatable bonds is 4. The fourth-order valence-corrected chi connectivity index (χ4v) is 1.94. The van der Waals surface area contributed by atoms with Crippen molar-refractivity contribution in [1.29, 1.82) is 0 Å². The molecule has 0 saturated carbocycles. The summed E-state index contributed by atoms with van der Waals surface area (Å²) < 4.78 is 10.3. The lowest BCUT2D eigenvalue weighted by atomic mass is 10.2. The van der Waals surface area contributed by atoms with Crippen LogP contribution in [0.3, 0.4) is 0 Å². The van der Waals surface area contributed by atoms with Gasteiger partial charge in [0, 0.05) is 18.9 Å². The summed E-state index contributed by atoms with van der Waals surface area (Å²) in [5.41, 5.74) is 0.815. The number of imide groups is 1. The van der Waals surface area contributed by atoms with Crippen LogP contribution < -0.4 is 9.47 Å². The topological polar surface area (TPSA) is 55.8 Å². The van der Waals surface area contributed by atoms with Gasteiger partial charge in [-0.2, -0.15) is 0 Å². The molecule has 1 heterocycles. The number of hydrogen-bond acceptors (Lipinski definition) is 4. The van der Waals surface area contributed by atoms with E-state index in [4.69, 9.17) is 9.47 Å². The van der Waals surface area contributed by atoms with Crippen LogP contribution >= 0.6 is 0 Å². The molecule has 1 fully saturated rings. The lowest BCUT2D eigenvalue weighted by molar-refractivity contribution is -0.139. The van der Waals surface area contributed by atoms with E-state index in [1.165, 1.54) is 4.90 Å². The monoisotopic (exact) mass is 249 g/mol. The van der Waals surface area contributed by atoms with Gasteiger partial charge in [0.15, 0.2) is 0 Å². The van der Waals surface area contributed by atoms with E-state index in [1.54, 1.807) is 32.4 Å². The van der Waals surface area contributed by atoms with Gasteiger partial charge in [-0.3, -0.25) is 14.5 Å². The second-order valence-electron chi connectivity index (χ2n) is 4.09. The van der Waals surface area contributed by atoms with Crippen molar-refractivity contribution in [2.24, 2.45) is 0 Å². The summed E-state index contributed by atoms with van der Waals surface area (Å²) >= 11 is 0. The molecule has 0 aliphatic carbocycles. The SMILES string of the molecule is COc1cc(CN2C(=O)CCC2=O)cc(OC)c1. The number of carbonyl (C=O) groups excluding carboxylic acids is 2. The van der Waals surface area contributed by atoms with Crippen LogP contribution in [-0.2, 0) is 16.1 Å². The molecule has 2 rings (SSSR count). The first kappa shape index (κ1) is 12.4. The van der Waals surface area contributed by atoms with Crippen LogP contribution in [0, 0.1) is 0 Å². The zero-order valence-corrected chi connectivity index (χ0v) is 10.4. The minimum absolute atomic E-state index is 0.123. The zero-order valence-electron chi connectivity index (χ0n) is 10.4. The maximum absolute atomic E-state index is 11.5. The minimum atomic E-state index is -0.123. The predicted molar refractivity (Wildman–Crippen MR) is 64.3 cm³/mol. The van der Waals surface area contributed by atoms with E-state index >= 15 is 0 Å². The Morgan fingerprint density at radius 2 is 1.50 bits per heavy atom.